The molecule has 0 atom stereocenters. The van der Waals surface area contributed by atoms with Crippen LogP contribution in [0.4, 0.5) is 0 Å². The molecular weight excluding hydrogens is 363 g/mol. The minimum absolute atomic E-state index is 0. The second-order valence-electron chi connectivity index (χ2n) is 4.68. The molecule has 1 aromatic rings. The number of aryl methyl sites for hydroxylation is 1. The van der Waals surface area contributed by atoms with Gasteiger partial charge in [-0.15, -0.1) is 24.0 Å². The molecule has 0 fully saturated rings. The third-order valence-electron chi connectivity index (χ3n) is 3.09. The highest BCUT2D eigenvalue weighted by molar-refractivity contribution is 14.0. The van der Waals surface area contributed by atoms with Crippen molar-refractivity contribution in [1.82, 2.24) is 15.6 Å². The number of nitrogens with zero attached hydrogens (tertiary/aromatic N) is 2. The molecule has 0 bridgehead atoms. The first-order chi connectivity index (χ1) is 9.27. The Labute approximate surface area is 139 Å². The van der Waals surface area contributed by atoms with Gasteiger partial charge in [-0.05, 0) is 25.0 Å². The molecule has 0 amide bonds. The standard InChI is InChI=1S/C15H26N4.HI/c1-4-5-6-7-10-18-15(16-3)19-12-14-13(2)9-8-11-17-14;/h8-9,11H,4-7,10,12H2,1-3H3,(H2,16,18,19);1H. The molecule has 1 aromatic heterocycles. The molecular formula is C15H27IN4. The Morgan fingerprint density at radius 1 is 1.25 bits per heavy atom. The Morgan fingerprint density at radius 2 is 2.05 bits per heavy atom. The molecule has 0 radical (unpaired) electrons. The molecule has 0 spiro atoms. The van der Waals surface area contributed by atoms with Crippen LogP contribution in [0.2, 0.25) is 0 Å². The predicted octanol–water partition coefficient (Wildman–Crippen LogP) is 3.25. The van der Waals surface area contributed by atoms with Gasteiger partial charge < -0.3 is 10.6 Å². The van der Waals surface area contributed by atoms with Crippen molar-refractivity contribution >= 4 is 29.9 Å². The molecule has 1 rings (SSSR count). The van der Waals surface area contributed by atoms with Crippen LogP contribution < -0.4 is 10.6 Å². The number of hydrogen-bond donors (Lipinski definition) is 2. The molecule has 5 heteroatoms. The average Bonchev–Trinajstić information content (AvgIpc) is 2.43. The van der Waals surface area contributed by atoms with Crippen molar-refractivity contribution in [2.45, 2.75) is 46.1 Å². The average molecular weight is 390 g/mol. The summed E-state index contributed by atoms with van der Waals surface area (Å²) in [6.07, 6.45) is 6.87. The maximum absolute atomic E-state index is 4.36. The van der Waals surface area contributed by atoms with E-state index in [2.05, 4.69) is 40.5 Å². The van der Waals surface area contributed by atoms with E-state index in [4.69, 9.17) is 0 Å². The largest absolute Gasteiger partial charge is 0.356 e. The van der Waals surface area contributed by atoms with Gasteiger partial charge in [0.15, 0.2) is 5.96 Å². The van der Waals surface area contributed by atoms with Gasteiger partial charge >= 0.3 is 0 Å². The highest BCUT2D eigenvalue weighted by Crippen LogP contribution is 2.02. The van der Waals surface area contributed by atoms with Gasteiger partial charge in [0.25, 0.3) is 0 Å². The first-order valence-electron chi connectivity index (χ1n) is 7.13. The van der Waals surface area contributed by atoms with Crippen molar-refractivity contribution < 1.29 is 0 Å². The van der Waals surface area contributed by atoms with Crippen LogP contribution in [0.5, 0.6) is 0 Å². The molecule has 0 unspecified atom stereocenters. The summed E-state index contributed by atoms with van der Waals surface area (Å²) in [6.45, 7) is 5.98. The monoisotopic (exact) mass is 390 g/mol. The van der Waals surface area contributed by atoms with E-state index in [0.29, 0.717) is 6.54 Å². The lowest BCUT2D eigenvalue weighted by Crippen LogP contribution is -2.37. The third kappa shape index (κ3) is 7.67. The Kier molecular flexibility index (Phi) is 11.4. The Bertz CT molecular complexity index is 393. The van der Waals surface area contributed by atoms with E-state index < -0.39 is 0 Å². The van der Waals surface area contributed by atoms with E-state index in [0.717, 1.165) is 18.2 Å². The lowest BCUT2D eigenvalue weighted by Gasteiger charge is -2.12. The van der Waals surface area contributed by atoms with Crippen LogP contribution in [0, 0.1) is 6.92 Å². The number of nitrogens with one attached hydrogen (secondary N) is 2. The van der Waals surface area contributed by atoms with Crippen LogP contribution in [0.25, 0.3) is 0 Å². The van der Waals surface area contributed by atoms with Gasteiger partial charge in [-0.2, -0.15) is 0 Å². The summed E-state index contributed by atoms with van der Waals surface area (Å²) in [7, 11) is 1.80. The van der Waals surface area contributed by atoms with E-state index in [1.807, 2.05) is 12.3 Å². The molecule has 1 heterocycles. The molecule has 0 aliphatic rings. The van der Waals surface area contributed by atoms with E-state index in [9.17, 15) is 0 Å². The number of pyridine rings is 1. The molecule has 0 aliphatic carbocycles. The Hall–Kier alpha value is -0.850. The highest BCUT2D eigenvalue weighted by atomic mass is 127. The van der Waals surface area contributed by atoms with Crippen LogP contribution in [-0.4, -0.2) is 24.5 Å². The first-order valence-corrected chi connectivity index (χ1v) is 7.13. The molecule has 0 saturated carbocycles. The lowest BCUT2D eigenvalue weighted by atomic mass is 10.2. The maximum Gasteiger partial charge on any atom is 0.191 e. The van der Waals surface area contributed by atoms with Crippen LogP contribution in [-0.2, 0) is 6.54 Å². The second-order valence-corrected chi connectivity index (χ2v) is 4.68. The van der Waals surface area contributed by atoms with E-state index in [-0.39, 0.29) is 24.0 Å². The van der Waals surface area contributed by atoms with Gasteiger partial charge in [-0.3, -0.25) is 9.98 Å². The fraction of sp³-hybridized carbons (Fsp3) is 0.600. The Balaban J connectivity index is 0.00000361. The van der Waals surface area contributed by atoms with Gasteiger partial charge in [0.1, 0.15) is 0 Å². The summed E-state index contributed by atoms with van der Waals surface area (Å²) >= 11 is 0. The van der Waals surface area contributed by atoms with Crippen molar-refractivity contribution in [1.29, 1.82) is 0 Å². The van der Waals surface area contributed by atoms with Crippen molar-refractivity contribution in [3.8, 4) is 0 Å². The minimum Gasteiger partial charge on any atom is -0.356 e. The van der Waals surface area contributed by atoms with Gasteiger partial charge in [0.05, 0.1) is 12.2 Å². The highest BCUT2D eigenvalue weighted by Gasteiger charge is 2.01. The smallest absolute Gasteiger partial charge is 0.191 e. The van der Waals surface area contributed by atoms with E-state index in [1.54, 1.807) is 7.05 Å². The van der Waals surface area contributed by atoms with E-state index >= 15 is 0 Å². The fourth-order valence-corrected chi connectivity index (χ4v) is 1.85. The van der Waals surface area contributed by atoms with Crippen LogP contribution in [0.15, 0.2) is 23.3 Å². The lowest BCUT2D eigenvalue weighted by molar-refractivity contribution is 0.646. The van der Waals surface area contributed by atoms with Crippen molar-refractivity contribution in [3.05, 3.63) is 29.6 Å². The number of guanidine groups is 1. The number of hydrogen-bond acceptors (Lipinski definition) is 2. The fourth-order valence-electron chi connectivity index (χ4n) is 1.85. The topological polar surface area (TPSA) is 49.3 Å². The second kappa shape index (κ2) is 11.9. The SMILES string of the molecule is CCCCCCNC(=NC)NCc1ncccc1C.I. The molecule has 0 aliphatic heterocycles. The quantitative estimate of drug-likeness (QED) is 0.325. The van der Waals surface area contributed by atoms with Crippen molar-refractivity contribution in [2.75, 3.05) is 13.6 Å². The van der Waals surface area contributed by atoms with Crippen LogP contribution in [0.3, 0.4) is 0 Å². The van der Waals surface area contributed by atoms with Gasteiger partial charge in [0, 0.05) is 19.8 Å². The molecule has 0 aromatic carbocycles. The van der Waals surface area contributed by atoms with Crippen LogP contribution in [0.1, 0.15) is 43.9 Å². The zero-order valence-electron chi connectivity index (χ0n) is 12.8. The summed E-state index contributed by atoms with van der Waals surface area (Å²) in [5.41, 5.74) is 2.27. The zero-order chi connectivity index (χ0) is 13.9. The van der Waals surface area contributed by atoms with E-state index in [1.165, 1.54) is 31.2 Å². The van der Waals surface area contributed by atoms with Crippen molar-refractivity contribution in [3.63, 3.8) is 0 Å². The summed E-state index contributed by atoms with van der Waals surface area (Å²) in [6, 6.07) is 4.03. The normalized spacial score (nSPS) is 10.8. The molecule has 2 N–H and O–H groups in total. The van der Waals surface area contributed by atoms with Gasteiger partial charge in [-0.1, -0.05) is 32.3 Å². The summed E-state index contributed by atoms with van der Waals surface area (Å²) < 4.78 is 0. The number of rotatable bonds is 7. The van der Waals surface area contributed by atoms with Crippen LogP contribution >= 0.6 is 24.0 Å². The Morgan fingerprint density at radius 3 is 2.70 bits per heavy atom. The summed E-state index contributed by atoms with van der Waals surface area (Å²) in [4.78, 5) is 8.58. The predicted molar refractivity (Wildman–Crippen MR) is 96.7 cm³/mol. The molecule has 20 heavy (non-hydrogen) atoms. The summed E-state index contributed by atoms with van der Waals surface area (Å²) in [5.74, 6) is 0.849. The number of unbranched alkanes of at least 4 members (excludes halogenated alkanes) is 3. The van der Waals surface area contributed by atoms with Gasteiger partial charge in [-0.25, -0.2) is 0 Å². The first kappa shape index (κ1) is 19.1. The number of aromatic nitrogens is 1. The molecule has 4 nitrogen and oxygen atoms in total. The zero-order valence-corrected chi connectivity index (χ0v) is 15.1. The summed E-state index contributed by atoms with van der Waals surface area (Å²) in [5, 5.41) is 6.62. The van der Waals surface area contributed by atoms with Crippen molar-refractivity contribution in [2.24, 2.45) is 4.99 Å². The number of aliphatic imine (C=N–C) groups is 1. The number of halogens is 1. The van der Waals surface area contributed by atoms with Gasteiger partial charge in [0.2, 0.25) is 0 Å². The molecule has 114 valence electrons. The minimum atomic E-state index is 0. The molecule has 0 saturated heterocycles. The third-order valence-corrected chi connectivity index (χ3v) is 3.09. The maximum atomic E-state index is 4.36.